The maximum absolute atomic E-state index is 13.5. The van der Waals surface area contributed by atoms with Gasteiger partial charge in [0.25, 0.3) is 5.91 Å². The van der Waals surface area contributed by atoms with E-state index in [2.05, 4.69) is 5.32 Å². The average Bonchev–Trinajstić information content (AvgIpc) is 2.49. The summed E-state index contributed by atoms with van der Waals surface area (Å²) < 4.78 is 41.5. The first-order valence-electron chi connectivity index (χ1n) is 6.50. The summed E-state index contributed by atoms with van der Waals surface area (Å²) >= 11 is 0. The van der Waals surface area contributed by atoms with E-state index in [0.717, 1.165) is 6.07 Å². The van der Waals surface area contributed by atoms with Gasteiger partial charge >= 0.3 is 0 Å². The van der Waals surface area contributed by atoms with Gasteiger partial charge in [-0.15, -0.1) is 0 Å². The van der Waals surface area contributed by atoms with Crippen molar-refractivity contribution in [2.45, 2.75) is 11.8 Å². The number of hydrogen-bond donors (Lipinski definition) is 2. The molecule has 0 fully saturated rings. The summed E-state index contributed by atoms with van der Waals surface area (Å²) in [5, 5.41) is 7.60. The Morgan fingerprint density at radius 3 is 2.48 bits per heavy atom. The highest BCUT2D eigenvalue weighted by Crippen LogP contribution is 2.26. The molecule has 3 N–H and O–H groups in total. The van der Waals surface area contributed by atoms with Crippen LogP contribution in [0.4, 0.5) is 10.1 Å². The molecule has 0 spiro atoms. The standard InChI is InChI=1S/C15H15FN2O4S/c1-9-3-4-10(7-12(9)16)15(19)18-11-5-6-13(22-2)14(8-11)23(17,20)21/h3-8H,1-2H3,(H,18,19)(H2,17,20,21). The second-order valence-electron chi connectivity index (χ2n) is 4.83. The Labute approximate surface area is 133 Å². The van der Waals surface area contributed by atoms with Crippen LogP contribution in [-0.4, -0.2) is 21.4 Å². The lowest BCUT2D eigenvalue weighted by Gasteiger charge is -2.10. The predicted octanol–water partition coefficient (Wildman–Crippen LogP) is 2.04. The first-order chi connectivity index (χ1) is 10.7. The van der Waals surface area contributed by atoms with Crippen LogP contribution in [0.5, 0.6) is 5.75 Å². The second kappa shape index (κ2) is 6.35. The Morgan fingerprint density at radius 1 is 1.22 bits per heavy atom. The molecule has 0 radical (unpaired) electrons. The van der Waals surface area contributed by atoms with Gasteiger partial charge in [0, 0.05) is 11.3 Å². The van der Waals surface area contributed by atoms with Gasteiger partial charge in [-0.25, -0.2) is 17.9 Å². The third-order valence-electron chi connectivity index (χ3n) is 3.16. The number of anilines is 1. The molecular weight excluding hydrogens is 323 g/mol. The Balaban J connectivity index is 2.33. The highest BCUT2D eigenvalue weighted by Gasteiger charge is 2.17. The molecular formula is C15H15FN2O4S. The minimum absolute atomic E-state index is 0.0619. The highest BCUT2D eigenvalue weighted by atomic mass is 32.2. The van der Waals surface area contributed by atoms with Crippen LogP contribution in [0.2, 0.25) is 0 Å². The third-order valence-corrected chi connectivity index (χ3v) is 4.09. The van der Waals surface area contributed by atoms with E-state index >= 15 is 0 Å². The SMILES string of the molecule is COc1ccc(NC(=O)c2ccc(C)c(F)c2)cc1S(N)(=O)=O. The van der Waals surface area contributed by atoms with Crippen molar-refractivity contribution in [3.05, 3.63) is 53.3 Å². The van der Waals surface area contributed by atoms with E-state index in [-0.39, 0.29) is 21.9 Å². The van der Waals surface area contributed by atoms with Crippen LogP contribution in [-0.2, 0) is 10.0 Å². The first kappa shape index (κ1) is 16.9. The van der Waals surface area contributed by atoms with Crippen LogP contribution in [0.3, 0.4) is 0 Å². The van der Waals surface area contributed by atoms with Gasteiger partial charge in [0.1, 0.15) is 16.5 Å². The molecule has 122 valence electrons. The van der Waals surface area contributed by atoms with Crippen molar-refractivity contribution in [1.82, 2.24) is 0 Å². The summed E-state index contributed by atoms with van der Waals surface area (Å²) in [4.78, 5) is 11.8. The predicted molar refractivity (Wildman–Crippen MR) is 83.5 cm³/mol. The molecule has 0 aliphatic rings. The van der Waals surface area contributed by atoms with Gasteiger partial charge in [0.05, 0.1) is 7.11 Å². The number of methoxy groups -OCH3 is 1. The minimum atomic E-state index is -4.02. The van der Waals surface area contributed by atoms with Crippen LogP contribution in [0.15, 0.2) is 41.3 Å². The number of aryl methyl sites for hydroxylation is 1. The van der Waals surface area contributed by atoms with Crippen molar-refractivity contribution in [1.29, 1.82) is 0 Å². The number of carbonyl (C=O) groups is 1. The van der Waals surface area contributed by atoms with Crippen molar-refractivity contribution in [3.8, 4) is 5.75 Å². The molecule has 2 aromatic rings. The van der Waals surface area contributed by atoms with Gasteiger partial charge in [0.2, 0.25) is 10.0 Å². The lowest BCUT2D eigenvalue weighted by Crippen LogP contribution is -2.16. The van der Waals surface area contributed by atoms with Gasteiger partial charge in [-0.2, -0.15) is 0 Å². The average molecular weight is 338 g/mol. The molecule has 0 aliphatic carbocycles. The zero-order valence-corrected chi connectivity index (χ0v) is 13.3. The number of halogens is 1. The number of amides is 1. The van der Waals surface area contributed by atoms with Crippen molar-refractivity contribution < 1.29 is 22.3 Å². The normalized spacial score (nSPS) is 11.1. The smallest absolute Gasteiger partial charge is 0.255 e. The maximum Gasteiger partial charge on any atom is 0.255 e. The second-order valence-corrected chi connectivity index (χ2v) is 6.36. The number of primary sulfonamides is 1. The largest absolute Gasteiger partial charge is 0.495 e. The lowest BCUT2D eigenvalue weighted by atomic mass is 10.1. The van der Waals surface area contributed by atoms with E-state index in [1.54, 1.807) is 6.92 Å². The molecule has 1 amide bonds. The summed E-state index contributed by atoms with van der Waals surface area (Å²) in [5.74, 6) is -1.01. The topological polar surface area (TPSA) is 98.5 Å². The molecule has 0 aliphatic heterocycles. The van der Waals surface area contributed by atoms with E-state index in [1.165, 1.54) is 37.4 Å². The molecule has 0 saturated heterocycles. The minimum Gasteiger partial charge on any atom is -0.495 e. The molecule has 0 heterocycles. The van der Waals surface area contributed by atoms with Crippen molar-refractivity contribution >= 4 is 21.6 Å². The van der Waals surface area contributed by atoms with Gasteiger partial charge in [0.15, 0.2) is 0 Å². The summed E-state index contributed by atoms with van der Waals surface area (Å²) in [7, 11) is -2.71. The molecule has 0 atom stereocenters. The summed E-state index contributed by atoms with van der Waals surface area (Å²) in [5.41, 5.74) is 0.726. The molecule has 0 saturated carbocycles. The summed E-state index contributed by atoms with van der Waals surface area (Å²) in [6, 6.07) is 8.05. The highest BCUT2D eigenvalue weighted by molar-refractivity contribution is 7.89. The van der Waals surface area contributed by atoms with Crippen molar-refractivity contribution in [2.75, 3.05) is 12.4 Å². The molecule has 6 nitrogen and oxygen atoms in total. The molecule has 0 aromatic heterocycles. The van der Waals surface area contributed by atoms with Crippen LogP contribution in [0.25, 0.3) is 0 Å². The number of nitrogens with one attached hydrogen (secondary N) is 1. The molecule has 23 heavy (non-hydrogen) atoms. The fraction of sp³-hybridized carbons (Fsp3) is 0.133. The van der Waals surface area contributed by atoms with Gasteiger partial charge < -0.3 is 10.1 Å². The summed E-state index contributed by atoms with van der Waals surface area (Å²) in [6.07, 6.45) is 0. The van der Waals surface area contributed by atoms with E-state index in [1.807, 2.05) is 0 Å². The fourth-order valence-electron chi connectivity index (χ4n) is 1.91. The molecule has 2 rings (SSSR count). The van der Waals surface area contributed by atoms with Crippen LogP contribution < -0.4 is 15.2 Å². The Bertz CT molecular complexity index is 866. The Kier molecular flexibility index (Phi) is 4.67. The monoisotopic (exact) mass is 338 g/mol. The van der Waals surface area contributed by atoms with Crippen molar-refractivity contribution in [2.24, 2.45) is 5.14 Å². The van der Waals surface area contributed by atoms with E-state index < -0.39 is 21.7 Å². The van der Waals surface area contributed by atoms with E-state index in [9.17, 15) is 17.6 Å². The van der Waals surface area contributed by atoms with E-state index in [4.69, 9.17) is 9.88 Å². The third kappa shape index (κ3) is 3.85. The molecule has 8 heteroatoms. The molecule has 0 unspecified atom stereocenters. The summed E-state index contributed by atoms with van der Waals surface area (Å²) in [6.45, 7) is 1.58. The Hall–Kier alpha value is -2.45. The number of ether oxygens (including phenoxy) is 1. The Morgan fingerprint density at radius 2 is 1.91 bits per heavy atom. The zero-order chi connectivity index (χ0) is 17.2. The number of sulfonamides is 1. The number of rotatable bonds is 4. The number of nitrogens with two attached hydrogens (primary N) is 1. The number of hydrogen-bond acceptors (Lipinski definition) is 4. The van der Waals surface area contributed by atoms with Crippen LogP contribution in [0.1, 0.15) is 15.9 Å². The van der Waals surface area contributed by atoms with E-state index in [0.29, 0.717) is 5.56 Å². The quantitative estimate of drug-likeness (QED) is 0.891. The number of carbonyl (C=O) groups excluding carboxylic acids is 1. The fourth-order valence-corrected chi connectivity index (χ4v) is 2.64. The molecule has 0 bridgehead atoms. The van der Waals surface area contributed by atoms with Gasteiger partial charge in [-0.3, -0.25) is 4.79 Å². The van der Waals surface area contributed by atoms with Gasteiger partial charge in [-0.1, -0.05) is 6.07 Å². The van der Waals surface area contributed by atoms with Crippen molar-refractivity contribution in [3.63, 3.8) is 0 Å². The maximum atomic E-state index is 13.5. The number of benzene rings is 2. The first-order valence-corrected chi connectivity index (χ1v) is 8.05. The van der Waals surface area contributed by atoms with Crippen LogP contribution in [0, 0.1) is 12.7 Å². The zero-order valence-electron chi connectivity index (χ0n) is 12.5. The van der Waals surface area contributed by atoms with Crippen LogP contribution >= 0.6 is 0 Å². The van der Waals surface area contributed by atoms with Gasteiger partial charge in [-0.05, 0) is 42.8 Å². The lowest BCUT2D eigenvalue weighted by molar-refractivity contribution is 0.102. The molecule has 2 aromatic carbocycles.